The van der Waals surface area contributed by atoms with Gasteiger partial charge in [-0.15, -0.1) is 0 Å². The lowest BCUT2D eigenvalue weighted by Crippen LogP contribution is -2.29. The van der Waals surface area contributed by atoms with Crippen molar-refractivity contribution in [3.63, 3.8) is 0 Å². The van der Waals surface area contributed by atoms with Crippen molar-refractivity contribution in [1.29, 1.82) is 0 Å². The quantitative estimate of drug-likeness (QED) is 0.637. The molecule has 6 heteroatoms. The number of carbonyl (C=O) groups is 1. The number of nitro benzene ring substituents is 1. The Kier molecular flexibility index (Phi) is 5.41. The molecule has 0 fully saturated rings. The minimum Gasteiger partial charge on any atom is -0.352 e. The molecule has 19 heavy (non-hydrogen) atoms. The summed E-state index contributed by atoms with van der Waals surface area (Å²) >= 11 is 0. The van der Waals surface area contributed by atoms with Gasteiger partial charge in [0.1, 0.15) is 0 Å². The Morgan fingerprint density at radius 3 is 2.53 bits per heavy atom. The molecule has 0 aliphatic rings. The molecular weight excluding hydrogens is 251 g/mol. The van der Waals surface area contributed by atoms with Crippen molar-refractivity contribution in [2.24, 2.45) is 5.92 Å². The maximum absolute atomic E-state index is 13.4. The molecule has 104 valence electrons. The smallest absolute Gasteiger partial charge is 0.304 e. The second kappa shape index (κ2) is 6.82. The van der Waals surface area contributed by atoms with Crippen molar-refractivity contribution in [3.05, 3.63) is 39.7 Å². The zero-order valence-corrected chi connectivity index (χ0v) is 11.0. The van der Waals surface area contributed by atoms with E-state index in [1.807, 2.05) is 13.8 Å². The SMILES string of the molecule is CCC(CC)CNC(=O)c1ccc([N+](=O)[O-])c(F)c1. The second-order valence-corrected chi connectivity index (χ2v) is 4.32. The maximum Gasteiger partial charge on any atom is 0.304 e. The van der Waals surface area contributed by atoms with Crippen LogP contribution < -0.4 is 5.32 Å². The summed E-state index contributed by atoms with van der Waals surface area (Å²) in [6, 6.07) is 3.14. The number of hydrogen-bond acceptors (Lipinski definition) is 3. The third-order valence-electron chi connectivity index (χ3n) is 3.11. The molecule has 1 aromatic rings. The van der Waals surface area contributed by atoms with Gasteiger partial charge in [0.25, 0.3) is 5.91 Å². The first kappa shape index (κ1) is 15.1. The van der Waals surface area contributed by atoms with Gasteiger partial charge < -0.3 is 5.32 Å². The van der Waals surface area contributed by atoms with E-state index >= 15 is 0 Å². The molecule has 0 atom stereocenters. The molecule has 0 aliphatic carbocycles. The van der Waals surface area contributed by atoms with Crippen LogP contribution in [-0.4, -0.2) is 17.4 Å². The van der Waals surface area contributed by atoms with E-state index in [9.17, 15) is 19.3 Å². The maximum atomic E-state index is 13.4. The van der Waals surface area contributed by atoms with Crippen LogP contribution in [0.1, 0.15) is 37.0 Å². The Morgan fingerprint density at radius 1 is 1.42 bits per heavy atom. The van der Waals surface area contributed by atoms with E-state index in [0.717, 1.165) is 25.0 Å². The molecule has 0 unspecified atom stereocenters. The van der Waals surface area contributed by atoms with Crippen molar-refractivity contribution in [1.82, 2.24) is 5.32 Å². The van der Waals surface area contributed by atoms with Gasteiger partial charge in [-0.1, -0.05) is 26.7 Å². The van der Waals surface area contributed by atoms with Gasteiger partial charge in [-0.3, -0.25) is 14.9 Å². The molecule has 5 nitrogen and oxygen atoms in total. The molecule has 1 aromatic carbocycles. The number of nitro groups is 1. The number of carbonyl (C=O) groups excluding carboxylic acids is 1. The average Bonchev–Trinajstić information content (AvgIpc) is 2.39. The third-order valence-corrected chi connectivity index (χ3v) is 3.11. The number of rotatable bonds is 6. The van der Waals surface area contributed by atoms with E-state index in [1.165, 1.54) is 6.07 Å². The lowest BCUT2D eigenvalue weighted by molar-refractivity contribution is -0.387. The normalized spacial score (nSPS) is 10.5. The highest BCUT2D eigenvalue weighted by Crippen LogP contribution is 2.18. The molecule has 0 radical (unpaired) electrons. The summed E-state index contributed by atoms with van der Waals surface area (Å²) in [6.45, 7) is 4.59. The van der Waals surface area contributed by atoms with Crippen LogP contribution in [0.2, 0.25) is 0 Å². The molecule has 1 amide bonds. The Balaban J connectivity index is 2.73. The number of nitrogens with zero attached hydrogens (tertiary/aromatic N) is 1. The molecule has 0 heterocycles. The van der Waals surface area contributed by atoms with E-state index in [2.05, 4.69) is 5.32 Å². The lowest BCUT2D eigenvalue weighted by atomic mass is 10.0. The van der Waals surface area contributed by atoms with Crippen LogP contribution in [0.5, 0.6) is 0 Å². The highest BCUT2D eigenvalue weighted by molar-refractivity contribution is 5.94. The molecular formula is C13H17FN2O3. The first-order valence-corrected chi connectivity index (χ1v) is 6.21. The van der Waals surface area contributed by atoms with Gasteiger partial charge in [0.2, 0.25) is 5.82 Å². The molecule has 1 rings (SSSR count). The number of halogens is 1. The summed E-state index contributed by atoms with van der Waals surface area (Å²) in [4.78, 5) is 21.4. The molecule has 0 bridgehead atoms. The van der Waals surface area contributed by atoms with E-state index in [-0.39, 0.29) is 5.56 Å². The van der Waals surface area contributed by atoms with Gasteiger partial charge in [-0.05, 0) is 18.1 Å². The van der Waals surface area contributed by atoms with Crippen molar-refractivity contribution in [2.45, 2.75) is 26.7 Å². The summed E-state index contributed by atoms with van der Waals surface area (Å²) in [5, 5.41) is 13.2. The summed E-state index contributed by atoms with van der Waals surface area (Å²) in [5.74, 6) is -1.03. The lowest BCUT2D eigenvalue weighted by Gasteiger charge is -2.13. The number of nitrogens with one attached hydrogen (secondary N) is 1. The Labute approximate surface area is 111 Å². The van der Waals surface area contributed by atoms with Crippen LogP contribution in [-0.2, 0) is 0 Å². The van der Waals surface area contributed by atoms with Crippen LogP contribution in [0.25, 0.3) is 0 Å². The predicted octanol–water partition coefficient (Wildman–Crippen LogP) is 2.90. The molecule has 0 aliphatic heterocycles. The summed E-state index contributed by atoms with van der Waals surface area (Å²) < 4.78 is 13.4. The number of amides is 1. The van der Waals surface area contributed by atoms with Crippen molar-refractivity contribution >= 4 is 11.6 Å². The van der Waals surface area contributed by atoms with Gasteiger partial charge in [0.05, 0.1) is 4.92 Å². The van der Waals surface area contributed by atoms with Gasteiger partial charge in [-0.25, -0.2) is 0 Å². The molecule has 0 saturated heterocycles. The summed E-state index contributed by atoms with van der Waals surface area (Å²) in [7, 11) is 0. The van der Waals surface area contributed by atoms with Crippen LogP contribution in [0.15, 0.2) is 18.2 Å². The topological polar surface area (TPSA) is 72.2 Å². The van der Waals surface area contributed by atoms with E-state index in [4.69, 9.17) is 0 Å². The van der Waals surface area contributed by atoms with Crippen molar-refractivity contribution < 1.29 is 14.1 Å². The monoisotopic (exact) mass is 268 g/mol. The van der Waals surface area contributed by atoms with Crippen LogP contribution in [0.4, 0.5) is 10.1 Å². The molecule has 1 N–H and O–H groups in total. The fraction of sp³-hybridized carbons (Fsp3) is 0.462. The average molecular weight is 268 g/mol. The minimum absolute atomic E-state index is 0.0917. The molecule has 0 aromatic heterocycles. The Bertz CT molecular complexity index is 473. The van der Waals surface area contributed by atoms with E-state index < -0.39 is 22.3 Å². The standard InChI is InChI=1S/C13H17FN2O3/c1-3-9(4-2)8-15-13(17)10-5-6-12(16(18)19)11(14)7-10/h5-7,9H,3-4,8H2,1-2H3,(H,15,17). The van der Waals surface area contributed by atoms with Crippen LogP contribution >= 0.6 is 0 Å². The van der Waals surface area contributed by atoms with Crippen molar-refractivity contribution in [3.8, 4) is 0 Å². The van der Waals surface area contributed by atoms with Crippen molar-refractivity contribution in [2.75, 3.05) is 6.54 Å². The predicted molar refractivity (Wildman–Crippen MR) is 69.5 cm³/mol. The minimum atomic E-state index is -1.000. The van der Waals surface area contributed by atoms with Gasteiger partial charge >= 0.3 is 5.69 Å². The highest BCUT2D eigenvalue weighted by Gasteiger charge is 2.17. The van der Waals surface area contributed by atoms with Gasteiger partial charge in [0.15, 0.2) is 0 Å². The fourth-order valence-corrected chi connectivity index (χ4v) is 1.71. The first-order chi connectivity index (χ1) is 8.99. The fourth-order valence-electron chi connectivity index (χ4n) is 1.71. The van der Waals surface area contributed by atoms with E-state index in [0.29, 0.717) is 12.5 Å². The van der Waals surface area contributed by atoms with E-state index in [1.54, 1.807) is 0 Å². The zero-order chi connectivity index (χ0) is 14.4. The zero-order valence-electron chi connectivity index (χ0n) is 11.0. The Hall–Kier alpha value is -1.98. The van der Waals surface area contributed by atoms with Crippen LogP contribution in [0.3, 0.4) is 0 Å². The molecule has 0 spiro atoms. The first-order valence-electron chi connectivity index (χ1n) is 6.21. The second-order valence-electron chi connectivity index (χ2n) is 4.32. The number of hydrogen-bond donors (Lipinski definition) is 1. The van der Waals surface area contributed by atoms with Gasteiger partial charge in [0, 0.05) is 18.2 Å². The summed E-state index contributed by atoms with van der Waals surface area (Å²) in [6.07, 6.45) is 1.90. The summed E-state index contributed by atoms with van der Waals surface area (Å²) in [5.41, 5.74) is -0.536. The largest absolute Gasteiger partial charge is 0.352 e. The Morgan fingerprint density at radius 2 is 2.05 bits per heavy atom. The number of benzene rings is 1. The third kappa shape index (κ3) is 4.01. The highest BCUT2D eigenvalue weighted by atomic mass is 19.1. The molecule has 0 saturated carbocycles. The van der Waals surface area contributed by atoms with Crippen LogP contribution in [0, 0.1) is 21.8 Å². The van der Waals surface area contributed by atoms with Gasteiger partial charge in [-0.2, -0.15) is 4.39 Å².